The summed E-state index contributed by atoms with van der Waals surface area (Å²) in [6.07, 6.45) is 5.93. The quantitative estimate of drug-likeness (QED) is 0.735. The molecule has 1 atom stereocenters. The van der Waals surface area contributed by atoms with Gasteiger partial charge in [-0.3, -0.25) is 9.69 Å². The molecule has 0 aliphatic carbocycles. The van der Waals surface area contributed by atoms with Crippen molar-refractivity contribution in [3.05, 3.63) is 0 Å². The molecule has 1 amide bonds. The van der Waals surface area contributed by atoms with Crippen LogP contribution >= 0.6 is 0 Å². The number of hydrogen-bond donors (Lipinski definition) is 0. The topological polar surface area (TPSA) is 26.8 Å². The van der Waals surface area contributed by atoms with E-state index in [0.29, 0.717) is 11.9 Å². The van der Waals surface area contributed by atoms with Gasteiger partial charge >= 0.3 is 0 Å². The Morgan fingerprint density at radius 2 is 1.72 bits per heavy atom. The Labute approximate surface area is 111 Å². The Morgan fingerprint density at radius 1 is 1.06 bits per heavy atom. The van der Waals surface area contributed by atoms with Gasteiger partial charge in [0.1, 0.15) is 0 Å². The monoisotopic (exact) mass is 253 g/mol. The molecule has 0 aromatic rings. The number of carbonyl (C=O) groups excluding carboxylic acids is 1. The van der Waals surface area contributed by atoms with Crippen LogP contribution in [0.15, 0.2) is 0 Å². The molecule has 0 N–H and O–H groups in total. The second kappa shape index (κ2) is 6.02. The fraction of sp³-hybridized carbons (Fsp3) is 0.929. The van der Waals surface area contributed by atoms with Crippen molar-refractivity contribution in [1.82, 2.24) is 14.7 Å². The lowest BCUT2D eigenvalue weighted by molar-refractivity contribution is -0.137. The fourth-order valence-electron chi connectivity index (χ4n) is 3.28. The van der Waals surface area contributed by atoms with Crippen molar-refractivity contribution in [2.24, 2.45) is 0 Å². The van der Waals surface area contributed by atoms with Gasteiger partial charge in [-0.2, -0.15) is 0 Å². The van der Waals surface area contributed by atoms with Gasteiger partial charge in [0.05, 0.1) is 6.04 Å². The van der Waals surface area contributed by atoms with E-state index in [4.69, 9.17) is 0 Å². The Kier molecular flexibility index (Phi) is 4.62. The Morgan fingerprint density at radius 3 is 2.33 bits per heavy atom. The second-order valence-corrected chi connectivity index (χ2v) is 6.02. The highest BCUT2D eigenvalue weighted by Crippen LogP contribution is 2.25. The molecule has 2 aliphatic rings. The predicted octanol–water partition coefficient (Wildman–Crippen LogP) is 1.02. The first-order valence-corrected chi connectivity index (χ1v) is 7.25. The van der Waals surface area contributed by atoms with Gasteiger partial charge in [-0.25, -0.2) is 0 Å². The average Bonchev–Trinajstić information content (AvgIpc) is 2.39. The lowest BCUT2D eigenvalue weighted by atomic mass is 9.94. The summed E-state index contributed by atoms with van der Waals surface area (Å²) in [4.78, 5) is 18.9. The number of amides is 1. The third kappa shape index (κ3) is 3.04. The van der Waals surface area contributed by atoms with Crippen LogP contribution in [0.25, 0.3) is 0 Å². The number of nitrogens with zero attached hydrogens (tertiary/aromatic N) is 3. The number of likely N-dealkylation sites (tertiary alicyclic amines) is 2. The molecule has 2 saturated heterocycles. The van der Waals surface area contributed by atoms with Crippen LogP contribution < -0.4 is 0 Å². The summed E-state index contributed by atoms with van der Waals surface area (Å²) in [6, 6.07) is 0.762. The highest BCUT2D eigenvalue weighted by Gasteiger charge is 2.35. The maximum Gasteiger partial charge on any atom is 0.239 e. The van der Waals surface area contributed by atoms with Crippen LogP contribution in [0.3, 0.4) is 0 Å². The molecule has 0 saturated carbocycles. The van der Waals surface area contributed by atoms with E-state index >= 15 is 0 Å². The van der Waals surface area contributed by atoms with E-state index in [9.17, 15) is 4.79 Å². The Bertz CT molecular complexity index is 285. The molecule has 0 unspecified atom stereocenters. The van der Waals surface area contributed by atoms with Crippen LogP contribution in [0, 0.1) is 0 Å². The van der Waals surface area contributed by atoms with Gasteiger partial charge in [-0.05, 0) is 52.4 Å². The number of carbonyl (C=O) groups is 1. The largest absolute Gasteiger partial charge is 0.347 e. The summed E-state index contributed by atoms with van der Waals surface area (Å²) in [6.45, 7) is 3.45. The maximum absolute atomic E-state index is 12.3. The summed E-state index contributed by atoms with van der Waals surface area (Å²) < 4.78 is 0. The highest BCUT2D eigenvalue weighted by atomic mass is 16.2. The molecule has 2 fully saturated rings. The molecule has 4 nitrogen and oxygen atoms in total. The van der Waals surface area contributed by atoms with E-state index < -0.39 is 0 Å². The van der Waals surface area contributed by atoms with Crippen molar-refractivity contribution in [1.29, 1.82) is 0 Å². The van der Waals surface area contributed by atoms with Crippen molar-refractivity contribution in [3.63, 3.8) is 0 Å². The number of rotatable bonds is 2. The van der Waals surface area contributed by atoms with E-state index in [2.05, 4.69) is 16.8 Å². The van der Waals surface area contributed by atoms with Crippen LogP contribution in [-0.4, -0.2) is 73.5 Å². The molecule has 0 aromatic carbocycles. The first-order valence-electron chi connectivity index (χ1n) is 7.25. The molecule has 0 spiro atoms. The zero-order valence-corrected chi connectivity index (χ0v) is 12.1. The van der Waals surface area contributed by atoms with Gasteiger partial charge in [0.2, 0.25) is 5.91 Å². The van der Waals surface area contributed by atoms with E-state index in [1.54, 1.807) is 4.90 Å². The van der Waals surface area contributed by atoms with Crippen molar-refractivity contribution >= 4 is 5.91 Å². The first-order chi connectivity index (χ1) is 8.59. The van der Waals surface area contributed by atoms with E-state index in [1.807, 2.05) is 14.1 Å². The van der Waals surface area contributed by atoms with Gasteiger partial charge in [0, 0.05) is 20.1 Å². The summed E-state index contributed by atoms with van der Waals surface area (Å²) in [5, 5.41) is 0. The van der Waals surface area contributed by atoms with Gasteiger partial charge in [-0.1, -0.05) is 6.42 Å². The minimum atomic E-state index is 0.141. The molecule has 0 radical (unpaired) electrons. The average molecular weight is 253 g/mol. The molecule has 104 valence electrons. The predicted molar refractivity (Wildman–Crippen MR) is 73.6 cm³/mol. The van der Waals surface area contributed by atoms with Gasteiger partial charge in [-0.15, -0.1) is 0 Å². The summed E-state index contributed by atoms with van der Waals surface area (Å²) in [5.41, 5.74) is 0. The molecular weight excluding hydrogens is 226 g/mol. The smallest absolute Gasteiger partial charge is 0.239 e. The van der Waals surface area contributed by atoms with Crippen molar-refractivity contribution in [2.45, 2.75) is 44.2 Å². The molecule has 4 heteroatoms. The fourth-order valence-corrected chi connectivity index (χ4v) is 3.28. The first kappa shape index (κ1) is 13.8. The van der Waals surface area contributed by atoms with Gasteiger partial charge in [0.15, 0.2) is 0 Å². The number of piperidine rings is 2. The molecule has 2 aliphatic heterocycles. The summed E-state index contributed by atoms with van der Waals surface area (Å²) in [5.74, 6) is 0.300. The number of hydrogen-bond acceptors (Lipinski definition) is 3. The standard InChI is InChI=1S/C14H27N3O/c1-15(2)14(18)13-6-4-5-9-17(13)12-7-10-16(3)11-8-12/h12-13H,4-11H2,1-3H3/t13-/m1/s1. The van der Waals surface area contributed by atoms with Crippen molar-refractivity contribution < 1.29 is 4.79 Å². The lowest BCUT2D eigenvalue weighted by Crippen LogP contribution is -2.55. The summed E-state index contributed by atoms with van der Waals surface area (Å²) in [7, 11) is 5.95. The minimum absolute atomic E-state index is 0.141. The van der Waals surface area contributed by atoms with Crippen LogP contribution in [0.2, 0.25) is 0 Å². The normalized spacial score (nSPS) is 28.3. The highest BCUT2D eigenvalue weighted by molar-refractivity contribution is 5.81. The maximum atomic E-state index is 12.3. The van der Waals surface area contributed by atoms with Crippen LogP contribution in [-0.2, 0) is 4.79 Å². The molecule has 18 heavy (non-hydrogen) atoms. The second-order valence-electron chi connectivity index (χ2n) is 6.02. The Hall–Kier alpha value is -0.610. The van der Waals surface area contributed by atoms with Crippen LogP contribution in [0.5, 0.6) is 0 Å². The van der Waals surface area contributed by atoms with Gasteiger partial charge < -0.3 is 9.80 Å². The van der Waals surface area contributed by atoms with E-state index in [0.717, 1.165) is 13.0 Å². The van der Waals surface area contributed by atoms with Crippen molar-refractivity contribution in [3.8, 4) is 0 Å². The minimum Gasteiger partial charge on any atom is -0.347 e. The molecular formula is C14H27N3O. The molecule has 0 bridgehead atoms. The zero-order valence-electron chi connectivity index (χ0n) is 12.1. The zero-order chi connectivity index (χ0) is 13.1. The van der Waals surface area contributed by atoms with Crippen LogP contribution in [0.1, 0.15) is 32.1 Å². The SMILES string of the molecule is CN1CCC(N2CCCC[C@@H]2C(=O)N(C)C)CC1. The molecule has 2 heterocycles. The number of likely N-dealkylation sites (N-methyl/N-ethyl adjacent to an activating group) is 1. The van der Waals surface area contributed by atoms with Gasteiger partial charge in [0.25, 0.3) is 0 Å². The third-order valence-corrected chi connectivity index (χ3v) is 4.43. The van der Waals surface area contributed by atoms with E-state index in [-0.39, 0.29) is 6.04 Å². The molecule has 2 rings (SSSR count). The third-order valence-electron chi connectivity index (χ3n) is 4.43. The molecule has 0 aromatic heterocycles. The lowest BCUT2D eigenvalue weighted by Gasteiger charge is -2.44. The van der Waals surface area contributed by atoms with E-state index in [1.165, 1.54) is 38.8 Å². The summed E-state index contributed by atoms with van der Waals surface area (Å²) >= 11 is 0. The van der Waals surface area contributed by atoms with Crippen molar-refractivity contribution in [2.75, 3.05) is 40.8 Å². The Balaban J connectivity index is 2.01. The van der Waals surface area contributed by atoms with Crippen LogP contribution in [0.4, 0.5) is 0 Å².